The Hall–Kier alpha value is -2.58. The third-order valence-corrected chi connectivity index (χ3v) is 4.83. The number of hydrogen-bond donors (Lipinski definition) is 1. The van der Waals surface area contributed by atoms with Gasteiger partial charge in [0.15, 0.2) is 11.6 Å². The third kappa shape index (κ3) is 3.59. The standard InChI is InChI=1S/C20H19FN2O2/c21-19-7-6-17(24-18-9-14-4-5-15(10-18)23-14)11-20(19)25-16-3-1-2-13(8-16)12-22/h1-3,6-8,11,14-15,18,23H,4-5,9-10H2/t14-,15+,18?. The molecule has 5 heteroatoms. The lowest BCUT2D eigenvalue weighted by atomic mass is 10.0. The Morgan fingerprint density at radius 2 is 1.84 bits per heavy atom. The van der Waals surface area contributed by atoms with Crippen molar-refractivity contribution in [3.05, 3.63) is 53.8 Å². The molecule has 2 saturated heterocycles. The number of piperidine rings is 1. The number of nitrogens with one attached hydrogen (secondary N) is 1. The van der Waals surface area contributed by atoms with Crippen molar-refractivity contribution in [1.29, 1.82) is 5.26 Å². The molecule has 0 radical (unpaired) electrons. The van der Waals surface area contributed by atoms with Crippen molar-refractivity contribution in [2.24, 2.45) is 0 Å². The topological polar surface area (TPSA) is 54.3 Å². The van der Waals surface area contributed by atoms with Crippen LogP contribution in [0.15, 0.2) is 42.5 Å². The predicted molar refractivity (Wildman–Crippen MR) is 91.2 cm³/mol. The molecular formula is C20H19FN2O2. The van der Waals surface area contributed by atoms with Crippen molar-refractivity contribution in [2.45, 2.75) is 43.9 Å². The van der Waals surface area contributed by atoms with Crippen LogP contribution >= 0.6 is 0 Å². The molecule has 3 atom stereocenters. The van der Waals surface area contributed by atoms with Gasteiger partial charge in [-0.2, -0.15) is 5.26 Å². The first-order valence-electron chi connectivity index (χ1n) is 8.60. The molecule has 0 amide bonds. The molecule has 0 aromatic heterocycles. The van der Waals surface area contributed by atoms with Gasteiger partial charge < -0.3 is 14.8 Å². The molecule has 128 valence electrons. The van der Waals surface area contributed by atoms with Gasteiger partial charge in [0.05, 0.1) is 11.6 Å². The van der Waals surface area contributed by atoms with Gasteiger partial charge in [-0.05, 0) is 56.0 Å². The molecule has 25 heavy (non-hydrogen) atoms. The van der Waals surface area contributed by atoms with E-state index in [-0.39, 0.29) is 11.9 Å². The van der Waals surface area contributed by atoms with E-state index in [1.165, 1.54) is 18.9 Å². The highest BCUT2D eigenvalue weighted by Crippen LogP contribution is 2.33. The number of ether oxygens (including phenoxy) is 2. The number of fused-ring (bicyclic) bond motifs is 2. The average molecular weight is 338 g/mol. The molecule has 2 heterocycles. The van der Waals surface area contributed by atoms with Crippen molar-refractivity contribution < 1.29 is 13.9 Å². The summed E-state index contributed by atoms with van der Waals surface area (Å²) in [5.74, 6) is 0.679. The first-order chi connectivity index (χ1) is 12.2. The number of hydrogen-bond acceptors (Lipinski definition) is 4. The molecule has 2 aliphatic rings. The van der Waals surface area contributed by atoms with Crippen molar-refractivity contribution in [1.82, 2.24) is 5.32 Å². The second-order valence-electron chi connectivity index (χ2n) is 6.68. The van der Waals surface area contributed by atoms with Gasteiger partial charge in [0.1, 0.15) is 17.6 Å². The van der Waals surface area contributed by atoms with Crippen LogP contribution in [0.2, 0.25) is 0 Å². The van der Waals surface area contributed by atoms with E-state index in [9.17, 15) is 4.39 Å². The Balaban J connectivity index is 1.49. The van der Waals surface area contributed by atoms with Crippen LogP contribution in [0.4, 0.5) is 4.39 Å². The number of nitriles is 1. The Morgan fingerprint density at radius 1 is 1.04 bits per heavy atom. The summed E-state index contributed by atoms with van der Waals surface area (Å²) in [4.78, 5) is 0. The molecule has 0 saturated carbocycles. The molecule has 1 unspecified atom stereocenters. The summed E-state index contributed by atoms with van der Waals surface area (Å²) in [5, 5.41) is 12.5. The summed E-state index contributed by atoms with van der Waals surface area (Å²) in [7, 11) is 0. The minimum Gasteiger partial charge on any atom is -0.490 e. The Morgan fingerprint density at radius 3 is 2.60 bits per heavy atom. The van der Waals surface area contributed by atoms with Crippen molar-refractivity contribution in [2.75, 3.05) is 0 Å². The van der Waals surface area contributed by atoms with E-state index in [1.54, 1.807) is 36.4 Å². The van der Waals surface area contributed by atoms with Crippen LogP contribution < -0.4 is 14.8 Å². The maximum atomic E-state index is 14.1. The van der Waals surface area contributed by atoms with Crippen molar-refractivity contribution in [3.63, 3.8) is 0 Å². The van der Waals surface area contributed by atoms with Crippen LogP contribution in [0, 0.1) is 17.1 Å². The molecule has 2 aromatic carbocycles. The number of benzene rings is 2. The van der Waals surface area contributed by atoms with E-state index in [2.05, 4.69) is 5.32 Å². The van der Waals surface area contributed by atoms with Crippen LogP contribution in [0.3, 0.4) is 0 Å². The lowest BCUT2D eigenvalue weighted by molar-refractivity contribution is 0.137. The largest absolute Gasteiger partial charge is 0.490 e. The third-order valence-electron chi connectivity index (χ3n) is 4.83. The molecule has 2 bridgehead atoms. The molecule has 2 aliphatic heterocycles. The molecule has 4 rings (SSSR count). The zero-order valence-corrected chi connectivity index (χ0v) is 13.7. The second kappa shape index (κ2) is 6.73. The van der Waals surface area contributed by atoms with Crippen LogP contribution in [-0.2, 0) is 0 Å². The van der Waals surface area contributed by atoms with E-state index < -0.39 is 5.82 Å². The van der Waals surface area contributed by atoms with Crippen molar-refractivity contribution >= 4 is 0 Å². The van der Waals surface area contributed by atoms with E-state index >= 15 is 0 Å². The smallest absolute Gasteiger partial charge is 0.166 e. The van der Waals surface area contributed by atoms with Crippen molar-refractivity contribution in [3.8, 4) is 23.3 Å². The summed E-state index contributed by atoms with van der Waals surface area (Å²) >= 11 is 0. The van der Waals surface area contributed by atoms with E-state index in [0.29, 0.717) is 29.1 Å². The quantitative estimate of drug-likeness (QED) is 0.910. The van der Waals surface area contributed by atoms with E-state index in [4.69, 9.17) is 14.7 Å². The van der Waals surface area contributed by atoms with Crippen LogP contribution in [-0.4, -0.2) is 18.2 Å². The highest BCUT2D eigenvalue weighted by molar-refractivity contribution is 5.41. The molecule has 1 N–H and O–H groups in total. The Labute approximate surface area is 146 Å². The Bertz CT molecular complexity index is 806. The summed E-state index contributed by atoms with van der Waals surface area (Å²) in [5.41, 5.74) is 0.468. The normalized spacial score (nSPS) is 24.6. The monoisotopic (exact) mass is 338 g/mol. The zero-order valence-electron chi connectivity index (χ0n) is 13.7. The van der Waals surface area contributed by atoms with Gasteiger partial charge in [-0.15, -0.1) is 0 Å². The van der Waals surface area contributed by atoms with E-state index in [1.807, 2.05) is 6.07 Å². The Kier molecular flexibility index (Phi) is 4.29. The first-order valence-corrected chi connectivity index (χ1v) is 8.60. The van der Waals surface area contributed by atoms with Crippen LogP contribution in [0.25, 0.3) is 0 Å². The fourth-order valence-corrected chi connectivity index (χ4v) is 3.69. The predicted octanol–water partition coefficient (Wildman–Crippen LogP) is 4.15. The fourth-order valence-electron chi connectivity index (χ4n) is 3.69. The maximum absolute atomic E-state index is 14.1. The van der Waals surface area contributed by atoms with Crippen LogP contribution in [0.1, 0.15) is 31.2 Å². The van der Waals surface area contributed by atoms with E-state index in [0.717, 1.165) is 12.8 Å². The molecule has 0 spiro atoms. The van der Waals surface area contributed by atoms with Gasteiger partial charge in [0.2, 0.25) is 0 Å². The average Bonchev–Trinajstić information content (AvgIpc) is 2.96. The van der Waals surface area contributed by atoms with Crippen LogP contribution in [0.5, 0.6) is 17.2 Å². The zero-order chi connectivity index (χ0) is 17.2. The number of rotatable bonds is 4. The number of halogens is 1. The lowest BCUT2D eigenvalue weighted by Crippen LogP contribution is -2.42. The van der Waals surface area contributed by atoms with Gasteiger partial charge in [-0.3, -0.25) is 0 Å². The fraction of sp³-hybridized carbons (Fsp3) is 0.350. The first kappa shape index (κ1) is 15.9. The lowest BCUT2D eigenvalue weighted by Gasteiger charge is -2.29. The number of nitrogens with zero attached hydrogens (tertiary/aromatic N) is 1. The highest BCUT2D eigenvalue weighted by atomic mass is 19.1. The maximum Gasteiger partial charge on any atom is 0.166 e. The molecule has 2 fully saturated rings. The summed E-state index contributed by atoms with van der Waals surface area (Å²) < 4.78 is 25.8. The van der Waals surface area contributed by atoms with Gasteiger partial charge in [-0.1, -0.05) is 6.07 Å². The SMILES string of the molecule is N#Cc1cccc(Oc2cc(OC3C[C@H]4CC[C@@H](C3)N4)ccc2F)c1. The minimum atomic E-state index is -0.458. The highest BCUT2D eigenvalue weighted by Gasteiger charge is 2.34. The second-order valence-corrected chi connectivity index (χ2v) is 6.68. The van der Waals surface area contributed by atoms with Gasteiger partial charge in [0, 0.05) is 18.2 Å². The summed E-state index contributed by atoms with van der Waals surface area (Å²) in [6.07, 6.45) is 4.52. The molecule has 2 aromatic rings. The van der Waals surface area contributed by atoms with Gasteiger partial charge in [-0.25, -0.2) is 4.39 Å². The summed E-state index contributed by atoms with van der Waals surface area (Å²) in [6.45, 7) is 0. The van der Waals surface area contributed by atoms with Gasteiger partial charge >= 0.3 is 0 Å². The van der Waals surface area contributed by atoms with Gasteiger partial charge in [0.25, 0.3) is 0 Å². The molecular weight excluding hydrogens is 319 g/mol. The minimum absolute atomic E-state index is 0.101. The molecule has 0 aliphatic carbocycles. The summed E-state index contributed by atoms with van der Waals surface area (Å²) in [6, 6.07) is 14.3. The molecule has 4 nitrogen and oxygen atoms in total.